The van der Waals surface area contributed by atoms with Gasteiger partial charge in [0.2, 0.25) is 15.9 Å². The van der Waals surface area contributed by atoms with Crippen LogP contribution in [0.15, 0.2) is 42.5 Å². The number of hydrogen-bond acceptors (Lipinski definition) is 4. The number of hydrogen-bond donors (Lipinski definition) is 1. The quantitative estimate of drug-likeness (QED) is 0.811. The third-order valence-corrected chi connectivity index (χ3v) is 5.33. The Labute approximate surface area is 158 Å². The van der Waals surface area contributed by atoms with Gasteiger partial charge in [-0.05, 0) is 44.2 Å². The predicted octanol–water partition coefficient (Wildman–Crippen LogP) is 3.45. The van der Waals surface area contributed by atoms with Gasteiger partial charge in [-0.25, -0.2) is 8.42 Å². The number of methoxy groups -OCH3 is 1. The first kappa shape index (κ1) is 20.1. The molecule has 0 bridgehead atoms. The minimum atomic E-state index is -3.72. The molecule has 6 nitrogen and oxygen atoms in total. The molecule has 8 heteroatoms. The van der Waals surface area contributed by atoms with Gasteiger partial charge in [0.25, 0.3) is 0 Å². The number of sulfonamides is 1. The summed E-state index contributed by atoms with van der Waals surface area (Å²) in [6, 6.07) is 10.8. The molecule has 0 fully saturated rings. The van der Waals surface area contributed by atoms with E-state index in [1.54, 1.807) is 24.3 Å². The number of carbonyl (C=O) groups is 1. The van der Waals surface area contributed by atoms with Crippen molar-refractivity contribution < 1.29 is 17.9 Å². The van der Waals surface area contributed by atoms with Crippen molar-refractivity contribution in [3.8, 4) is 5.75 Å². The van der Waals surface area contributed by atoms with Crippen LogP contribution < -0.4 is 14.4 Å². The van der Waals surface area contributed by atoms with E-state index in [4.69, 9.17) is 16.3 Å². The van der Waals surface area contributed by atoms with Crippen LogP contribution in [0.5, 0.6) is 5.75 Å². The van der Waals surface area contributed by atoms with Gasteiger partial charge in [0.15, 0.2) is 0 Å². The molecule has 0 heterocycles. The molecule has 0 radical (unpaired) electrons. The second kappa shape index (κ2) is 7.97. The molecule has 0 saturated heterocycles. The van der Waals surface area contributed by atoms with Crippen LogP contribution in [0, 0.1) is 6.92 Å². The Kier molecular flexibility index (Phi) is 6.15. The molecule has 140 valence electrons. The van der Waals surface area contributed by atoms with E-state index in [2.05, 4.69) is 5.32 Å². The van der Waals surface area contributed by atoms with Gasteiger partial charge in [-0.15, -0.1) is 0 Å². The lowest BCUT2D eigenvalue weighted by molar-refractivity contribution is -0.116. The highest BCUT2D eigenvalue weighted by Gasteiger charge is 2.29. The average Bonchev–Trinajstić information content (AvgIpc) is 2.56. The third-order valence-electron chi connectivity index (χ3n) is 3.80. The smallest absolute Gasteiger partial charge is 0.247 e. The summed E-state index contributed by atoms with van der Waals surface area (Å²) in [5, 5.41) is 2.98. The van der Waals surface area contributed by atoms with Crippen molar-refractivity contribution in [1.29, 1.82) is 0 Å². The maximum absolute atomic E-state index is 12.6. The summed E-state index contributed by atoms with van der Waals surface area (Å²) in [4.78, 5) is 12.6. The number of benzene rings is 2. The van der Waals surface area contributed by atoms with E-state index in [9.17, 15) is 13.2 Å². The van der Waals surface area contributed by atoms with Gasteiger partial charge in [-0.2, -0.15) is 0 Å². The highest BCUT2D eigenvalue weighted by Crippen LogP contribution is 2.31. The topological polar surface area (TPSA) is 75.7 Å². The van der Waals surface area contributed by atoms with Crippen molar-refractivity contribution >= 4 is 38.9 Å². The number of aryl methyl sites for hydroxylation is 1. The first-order chi connectivity index (χ1) is 12.1. The second-order valence-electron chi connectivity index (χ2n) is 5.91. The monoisotopic (exact) mass is 396 g/mol. The summed E-state index contributed by atoms with van der Waals surface area (Å²) in [7, 11) is -2.26. The molecule has 0 aliphatic rings. The predicted molar refractivity (Wildman–Crippen MR) is 105 cm³/mol. The summed E-state index contributed by atoms with van der Waals surface area (Å²) in [6.45, 7) is 3.45. The van der Waals surface area contributed by atoms with Crippen molar-refractivity contribution in [2.75, 3.05) is 23.0 Å². The van der Waals surface area contributed by atoms with E-state index in [-0.39, 0.29) is 10.7 Å². The Hall–Kier alpha value is -2.25. The van der Waals surface area contributed by atoms with Crippen molar-refractivity contribution in [3.63, 3.8) is 0 Å². The Morgan fingerprint density at radius 1 is 1.19 bits per heavy atom. The van der Waals surface area contributed by atoms with Crippen LogP contribution >= 0.6 is 11.6 Å². The fourth-order valence-electron chi connectivity index (χ4n) is 2.48. The maximum atomic E-state index is 12.6. The molecule has 1 N–H and O–H groups in total. The number of halogens is 1. The molecule has 0 aliphatic heterocycles. The van der Waals surface area contributed by atoms with E-state index in [0.717, 1.165) is 16.1 Å². The number of nitrogens with zero attached hydrogens (tertiary/aromatic N) is 1. The van der Waals surface area contributed by atoms with Gasteiger partial charge in [0.1, 0.15) is 11.8 Å². The number of amides is 1. The van der Waals surface area contributed by atoms with Crippen LogP contribution in [0.4, 0.5) is 11.4 Å². The van der Waals surface area contributed by atoms with Gasteiger partial charge in [-0.1, -0.05) is 29.3 Å². The Bertz CT molecular complexity index is 898. The number of ether oxygens (including phenoxy) is 1. The fourth-order valence-corrected chi connectivity index (χ4v) is 3.90. The fraction of sp³-hybridized carbons (Fsp3) is 0.278. The minimum Gasteiger partial charge on any atom is -0.495 e. The van der Waals surface area contributed by atoms with E-state index in [1.807, 2.05) is 19.1 Å². The molecule has 2 rings (SSSR count). The molecule has 0 aliphatic carbocycles. The molecule has 26 heavy (non-hydrogen) atoms. The van der Waals surface area contributed by atoms with Crippen LogP contribution in [0.3, 0.4) is 0 Å². The summed E-state index contributed by atoms with van der Waals surface area (Å²) in [6.07, 6.45) is 1.04. The lowest BCUT2D eigenvalue weighted by Gasteiger charge is -2.28. The highest BCUT2D eigenvalue weighted by molar-refractivity contribution is 7.92. The molecular weight excluding hydrogens is 376 g/mol. The zero-order valence-corrected chi connectivity index (χ0v) is 16.6. The van der Waals surface area contributed by atoms with Gasteiger partial charge >= 0.3 is 0 Å². The third kappa shape index (κ3) is 4.68. The van der Waals surface area contributed by atoms with E-state index in [0.29, 0.717) is 11.4 Å². The van der Waals surface area contributed by atoms with Crippen LogP contribution in [0.1, 0.15) is 12.5 Å². The van der Waals surface area contributed by atoms with Gasteiger partial charge < -0.3 is 10.1 Å². The summed E-state index contributed by atoms with van der Waals surface area (Å²) < 4.78 is 30.7. The largest absolute Gasteiger partial charge is 0.495 e. The lowest BCUT2D eigenvalue weighted by Crippen LogP contribution is -2.45. The summed E-state index contributed by atoms with van der Waals surface area (Å²) in [5.41, 5.74) is 1.93. The van der Waals surface area contributed by atoms with E-state index in [1.165, 1.54) is 20.1 Å². The number of carbonyl (C=O) groups excluding carboxylic acids is 1. The van der Waals surface area contributed by atoms with Crippen molar-refractivity contribution in [3.05, 3.63) is 53.1 Å². The van der Waals surface area contributed by atoms with Crippen LogP contribution in [-0.2, 0) is 14.8 Å². The number of rotatable bonds is 6. The van der Waals surface area contributed by atoms with Gasteiger partial charge in [0, 0.05) is 5.69 Å². The van der Waals surface area contributed by atoms with Crippen molar-refractivity contribution in [2.45, 2.75) is 19.9 Å². The second-order valence-corrected chi connectivity index (χ2v) is 8.18. The van der Waals surface area contributed by atoms with E-state index < -0.39 is 22.0 Å². The molecule has 2 aromatic rings. The Morgan fingerprint density at radius 2 is 1.81 bits per heavy atom. The van der Waals surface area contributed by atoms with Crippen LogP contribution in [-0.4, -0.2) is 33.7 Å². The van der Waals surface area contributed by atoms with E-state index >= 15 is 0 Å². The molecule has 1 atom stereocenters. The van der Waals surface area contributed by atoms with Crippen LogP contribution in [0.25, 0.3) is 0 Å². The highest BCUT2D eigenvalue weighted by atomic mass is 35.5. The van der Waals surface area contributed by atoms with Crippen LogP contribution in [0.2, 0.25) is 5.02 Å². The average molecular weight is 397 g/mol. The van der Waals surface area contributed by atoms with Crippen molar-refractivity contribution in [2.24, 2.45) is 0 Å². The number of nitrogens with one attached hydrogen (secondary N) is 1. The molecule has 0 unspecified atom stereocenters. The Morgan fingerprint density at radius 3 is 2.31 bits per heavy atom. The SMILES string of the molecule is COc1ccc(N([C@@H](C)C(=O)Nc2ccc(C)cc2)S(C)(=O)=O)cc1Cl. The molecular formula is C18H21ClN2O4S. The zero-order valence-electron chi connectivity index (χ0n) is 15.0. The standard InChI is InChI=1S/C18H21ClN2O4S/c1-12-5-7-14(8-6-12)20-18(22)13(2)21(26(4,23)24)15-9-10-17(25-3)16(19)11-15/h5-11,13H,1-4H3,(H,20,22)/t13-/m0/s1. The molecule has 0 saturated carbocycles. The Balaban J connectivity index is 2.32. The van der Waals surface area contributed by atoms with Gasteiger partial charge in [-0.3, -0.25) is 9.10 Å². The van der Waals surface area contributed by atoms with Gasteiger partial charge in [0.05, 0.1) is 24.1 Å². The number of anilines is 2. The lowest BCUT2D eigenvalue weighted by atomic mass is 10.2. The zero-order chi connectivity index (χ0) is 19.5. The molecule has 0 spiro atoms. The van der Waals surface area contributed by atoms with Crippen molar-refractivity contribution in [1.82, 2.24) is 0 Å². The molecule has 0 aromatic heterocycles. The molecule has 2 aromatic carbocycles. The first-order valence-electron chi connectivity index (χ1n) is 7.84. The normalized spacial score (nSPS) is 12.3. The molecule has 1 amide bonds. The summed E-state index contributed by atoms with van der Waals surface area (Å²) >= 11 is 6.11. The minimum absolute atomic E-state index is 0.254. The summed E-state index contributed by atoms with van der Waals surface area (Å²) in [5.74, 6) is -0.0353. The maximum Gasteiger partial charge on any atom is 0.247 e. The first-order valence-corrected chi connectivity index (χ1v) is 10.1.